The number of rotatable bonds is 19. The molecule has 0 amide bonds. The van der Waals surface area contributed by atoms with Crippen molar-refractivity contribution in [3.63, 3.8) is 0 Å². The maximum absolute atomic E-state index is 5.93. The normalized spacial score (nSPS) is 12.7. The smallest absolute Gasteiger partial charge is 0.0711 e. The van der Waals surface area contributed by atoms with Gasteiger partial charge in [-0.15, -0.1) is 11.6 Å². The van der Waals surface area contributed by atoms with Gasteiger partial charge in [0.15, 0.2) is 0 Å². The number of ether oxygens (including phenoxy) is 4. The van der Waals surface area contributed by atoms with Crippen molar-refractivity contribution < 1.29 is 18.9 Å². The summed E-state index contributed by atoms with van der Waals surface area (Å²) in [5.74, 6) is 0.563. The molecule has 140 valence electrons. The number of hydrogen-bond donors (Lipinski definition) is 0. The van der Waals surface area contributed by atoms with E-state index in [1.54, 1.807) is 0 Å². The first-order valence-electron chi connectivity index (χ1n) is 9.25. The van der Waals surface area contributed by atoms with Crippen molar-refractivity contribution in [2.75, 3.05) is 52.1 Å². The second-order valence-corrected chi connectivity index (χ2v) is 6.00. The number of unbranched alkanes of at least 4 members (excludes halogenated alkanes) is 4. The molecule has 0 aliphatic rings. The van der Waals surface area contributed by atoms with Gasteiger partial charge in [0.25, 0.3) is 0 Å². The summed E-state index contributed by atoms with van der Waals surface area (Å²) in [6.45, 7) is 8.90. The number of halogens is 1. The van der Waals surface area contributed by atoms with Crippen molar-refractivity contribution >= 4 is 11.6 Å². The number of alkyl halides is 1. The van der Waals surface area contributed by atoms with Crippen LogP contribution >= 0.6 is 11.6 Å². The predicted octanol–water partition coefficient (Wildman–Crippen LogP) is 4.43. The molecule has 0 saturated heterocycles. The van der Waals surface area contributed by atoms with Crippen molar-refractivity contribution in [2.45, 2.75) is 64.9 Å². The first-order valence-corrected chi connectivity index (χ1v) is 9.79. The van der Waals surface area contributed by atoms with Crippen molar-refractivity contribution in [3.8, 4) is 0 Å². The van der Waals surface area contributed by atoms with Crippen LogP contribution in [0.2, 0.25) is 0 Å². The lowest BCUT2D eigenvalue weighted by molar-refractivity contribution is -0.0162. The highest BCUT2D eigenvalue weighted by molar-refractivity contribution is 6.18. The number of hydrogen-bond acceptors (Lipinski definition) is 4. The summed E-state index contributed by atoms with van der Waals surface area (Å²) >= 11 is 5.93. The molecule has 0 aliphatic carbocycles. The molecule has 0 spiro atoms. The Morgan fingerprint density at radius 2 is 1.22 bits per heavy atom. The summed E-state index contributed by atoms with van der Waals surface area (Å²) in [6.07, 6.45) is 8.50. The standard InChI is InChI=1S/C18H37ClO4/c1-3-5-7-8-9-18(17-19)23-16-15-22-14-13-21-12-11-20-10-6-4-2/h18H,3-17H2,1-2H3. The zero-order valence-corrected chi connectivity index (χ0v) is 16.0. The first kappa shape index (κ1) is 23.1. The van der Waals surface area contributed by atoms with Crippen molar-refractivity contribution in [1.29, 1.82) is 0 Å². The molecule has 0 bridgehead atoms. The molecule has 4 nitrogen and oxygen atoms in total. The van der Waals surface area contributed by atoms with Crippen LogP contribution in [-0.2, 0) is 18.9 Å². The van der Waals surface area contributed by atoms with Crippen LogP contribution in [0.5, 0.6) is 0 Å². The van der Waals surface area contributed by atoms with Gasteiger partial charge in [0.05, 0.1) is 45.7 Å². The van der Waals surface area contributed by atoms with Crippen LogP contribution in [-0.4, -0.2) is 58.2 Å². The first-order chi connectivity index (χ1) is 11.3. The molecular formula is C18H37ClO4. The quantitative estimate of drug-likeness (QED) is 0.254. The van der Waals surface area contributed by atoms with Crippen molar-refractivity contribution in [3.05, 3.63) is 0 Å². The van der Waals surface area contributed by atoms with E-state index in [0.717, 1.165) is 19.4 Å². The van der Waals surface area contributed by atoms with E-state index in [1.807, 2.05) is 0 Å². The minimum Gasteiger partial charge on any atom is -0.379 e. The molecule has 0 fully saturated rings. The highest BCUT2D eigenvalue weighted by Crippen LogP contribution is 2.09. The van der Waals surface area contributed by atoms with Gasteiger partial charge in [-0.1, -0.05) is 46.0 Å². The molecule has 23 heavy (non-hydrogen) atoms. The lowest BCUT2D eigenvalue weighted by Crippen LogP contribution is -2.19. The van der Waals surface area contributed by atoms with E-state index in [0.29, 0.717) is 45.5 Å². The van der Waals surface area contributed by atoms with Gasteiger partial charge in [-0.25, -0.2) is 0 Å². The van der Waals surface area contributed by atoms with Crippen LogP contribution in [0.4, 0.5) is 0 Å². The maximum atomic E-state index is 5.93. The van der Waals surface area contributed by atoms with E-state index in [4.69, 9.17) is 30.5 Å². The Morgan fingerprint density at radius 1 is 0.652 bits per heavy atom. The maximum Gasteiger partial charge on any atom is 0.0711 e. The Kier molecular flexibility index (Phi) is 20.3. The zero-order valence-electron chi connectivity index (χ0n) is 15.2. The van der Waals surface area contributed by atoms with Gasteiger partial charge in [-0.2, -0.15) is 0 Å². The fourth-order valence-corrected chi connectivity index (χ4v) is 2.31. The van der Waals surface area contributed by atoms with Crippen LogP contribution in [0.3, 0.4) is 0 Å². The summed E-state index contributed by atoms with van der Waals surface area (Å²) < 4.78 is 22.1. The third kappa shape index (κ3) is 18.3. The van der Waals surface area contributed by atoms with Gasteiger partial charge >= 0.3 is 0 Å². The predicted molar refractivity (Wildman–Crippen MR) is 96.6 cm³/mol. The molecule has 0 radical (unpaired) electrons. The van der Waals surface area contributed by atoms with Crippen molar-refractivity contribution in [1.82, 2.24) is 0 Å². The molecular weight excluding hydrogens is 316 g/mol. The van der Waals surface area contributed by atoms with Crippen LogP contribution < -0.4 is 0 Å². The Bertz CT molecular complexity index is 217. The lowest BCUT2D eigenvalue weighted by atomic mass is 10.1. The van der Waals surface area contributed by atoms with E-state index < -0.39 is 0 Å². The van der Waals surface area contributed by atoms with E-state index in [9.17, 15) is 0 Å². The summed E-state index contributed by atoms with van der Waals surface area (Å²) in [6, 6.07) is 0. The van der Waals surface area contributed by atoms with E-state index in [-0.39, 0.29) is 6.10 Å². The molecule has 0 saturated carbocycles. The van der Waals surface area contributed by atoms with E-state index in [1.165, 1.54) is 32.1 Å². The summed E-state index contributed by atoms with van der Waals surface area (Å²) in [4.78, 5) is 0. The molecule has 0 heterocycles. The average Bonchev–Trinajstić information content (AvgIpc) is 2.57. The summed E-state index contributed by atoms with van der Waals surface area (Å²) in [5, 5.41) is 0. The van der Waals surface area contributed by atoms with Gasteiger partial charge in [0, 0.05) is 12.5 Å². The molecule has 0 rings (SSSR count). The van der Waals surface area contributed by atoms with Crippen molar-refractivity contribution in [2.24, 2.45) is 0 Å². The average molecular weight is 353 g/mol. The molecule has 0 N–H and O–H groups in total. The SMILES string of the molecule is CCCCCCC(CCl)OCCOCCOCCOCCCC. The largest absolute Gasteiger partial charge is 0.379 e. The third-order valence-electron chi connectivity index (χ3n) is 3.52. The van der Waals surface area contributed by atoms with Gasteiger partial charge < -0.3 is 18.9 Å². The second kappa shape index (κ2) is 20.2. The molecule has 5 heteroatoms. The fraction of sp³-hybridized carbons (Fsp3) is 1.00. The van der Waals surface area contributed by atoms with E-state index in [2.05, 4.69) is 13.8 Å². The fourth-order valence-electron chi connectivity index (χ4n) is 2.07. The lowest BCUT2D eigenvalue weighted by Gasteiger charge is -2.15. The van der Waals surface area contributed by atoms with Crippen LogP contribution in [0.25, 0.3) is 0 Å². The Balaban J connectivity index is 3.21. The minimum absolute atomic E-state index is 0.161. The minimum atomic E-state index is 0.161. The highest BCUT2D eigenvalue weighted by Gasteiger charge is 2.06. The Morgan fingerprint density at radius 3 is 1.78 bits per heavy atom. The highest BCUT2D eigenvalue weighted by atomic mass is 35.5. The Hall–Kier alpha value is 0.130. The topological polar surface area (TPSA) is 36.9 Å². The molecule has 0 aromatic carbocycles. The Labute approximate surface area is 148 Å². The monoisotopic (exact) mass is 352 g/mol. The molecule has 0 aromatic heterocycles. The zero-order chi connectivity index (χ0) is 17.0. The molecule has 0 aliphatic heterocycles. The van der Waals surface area contributed by atoms with Gasteiger partial charge in [0.2, 0.25) is 0 Å². The van der Waals surface area contributed by atoms with Gasteiger partial charge in [0.1, 0.15) is 0 Å². The summed E-state index contributed by atoms with van der Waals surface area (Å²) in [7, 11) is 0. The van der Waals surface area contributed by atoms with Crippen LogP contribution in [0, 0.1) is 0 Å². The second-order valence-electron chi connectivity index (χ2n) is 5.69. The van der Waals surface area contributed by atoms with Crippen LogP contribution in [0.1, 0.15) is 58.8 Å². The van der Waals surface area contributed by atoms with Crippen LogP contribution in [0.15, 0.2) is 0 Å². The summed E-state index contributed by atoms with van der Waals surface area (Å²) in [5.41, 5.74) is 0. The third-order valence-corrected chi connectivity index (χ3v) is 3.86. The van der Waals surface area contributed by atoms with E-state index >= 15 is 0 Å². The van der Waals surface area contributed by atoms with Gasteiger partial charge in [-0.05, 0) is 12.8 Å². The molecule has 1 atom stereocenters. The molecule has 0 aromatic rings. The van der Waals surface area contributed by atoms with Gasteiger partial charge in [-0.3, -0.25) is 0 Å². The molecule has 1 unspecified atom stereocenters.